The number of nitrogens with zero attached hydrogens (tertiary/aromatic N) is 4. The molecule has 0 unspecified atom stereocenters. The molecule has 2 amide bonds. The lowest BCUT2D eigenvalue weighted by atomic mass is 10.1. The molecule has 0 spiro atoms. The molecule has 0 radical (unpaired) electrons. The van der Waals surface area contributed by atoms with Gasteiger partial charge in [0.1, 0.15) is 0 Å². The number of carbonyl (C=O) groups excluding carboxylic acids is 2. The second-order valence-electron chi connectivity index (χ2n) is 7.75. The van der Waals surface area contributed by atoms with E-state index in [9.17, 15) is 18.0 Å². The quantitative estimate of drug-likeness (QED) is 0.641. The summed E-state index contributed by atoms with van der Waals surface area (Å²) in [7, 11) is -3.14. The highest BCUT2D eigenvalue weighted by Crippen LogP contribution is 2.15. The molecule has 3 rings (SSSR count). The highest BCUT2D eigenvalue weighted by atomic mass is 32.2. The van der Waals surface area contributed by atoms with E-state index in [-0.39, 0.29) is 17.8 Å². The fourth-order valence-corrected chi connectivity index (χ4v) is 4.98. The highest BCUT2D eigenvalue weighted by molar-refractivity contribution is 7.89. The Bertz CT molecular complexity index is 876. The van der Waals surface area contributed by atoms with Gasteiger partial charge in [-0.05, 0) is 31.5 Å². The van der Waals surface area contributed by atoms with Crippen molar-refractivity contribution in [2.45, 2.75) is 20.4 Å². The number of carbonyl (C=O) groups is 2. The summed E-state index contributed by atoms with van der Waals surface area (Å²) in [6.07, 6.45) is -0.330. The van der Waals surface area contributed by atoms with Crippen molar-refractivity contribution in [1.82, 2.24) is 19.0 Å². The van der Waals surface area contributed by atoms with Crippen molar-refractivity contribution in [2.75, 3.05) is 64.7 Å². The van der Waals surface area contributed by atoms with E-state index >= 15 is 0 Å². The van der Waals surface area contributed by atoms with E-state index in [4.69, 9.17) is 4.74 Å². The SMILES string of the molecule is CCOC(=O)N1CCN(C(=O)c2cccc(CN3CCN(S(=O)(=O)CC)CC3)c2)CC1. The molecular weight excluding hydrogens is 420 g/mol. The first-order valence-electron chi connectivity index (χ1n) is 10.8. The van der Waals surface area contributed by atoms with Crippen LogP contribution in [-0.4, -0.2) is 104 Å². The van der Waals surface area contributed by atoms with Gasteiger partial charge < -0.3 is 14.5 Å². The van der Waals surface area contributed by atoms with E-state index in [0.717, 1.165) is 5.56 Å². The predicted molar refractivity (Wildman–Crippen MR) is 117 cm³/mol. The van der Waals surface area contributed by atoms with Crippen molar-refractivity contribution in [3.8, 4) is 0 Å². The smallest absolute Gasteiger partial charge is 0.409 e. The van der Waals surface area contributed by atoms with Gasteiger partial charge in [0.15, 0.2) is 0 Å². The summed E-state index contributed by atoms with van der Waals surface area (Å²) in [5, 5.41) is 0. The van der Waals surface area contributed by atoms with Gasteiger partial charge >= 0.3 is 6.09 Å². The zero-order chi connectivity index (χ0) is 22.4. The van der Waals surface area contributed by atoms with Crippen LogP contribution in [0.3, 0.4) is 0 Å². The van der Waals surface area contributed by atoms with Crippen LogP contribution in [-0.2, 0) is 21.3 Å². The third-order valence-corrected chi connectivity index (χ3v) is 7.64. The second kappa shape index (κ2) is 10.4. The molecule has 0 atom stereocenters. The maximum Gasteiger partial charge on any atom is 0.409 e. The Hall–Kier alpha value is -2.17. The van der Waals surface area contributed by atoms with Crippen LogP contribution in [0, 0.1) is 0 Å². The monoisotopic (exact) mass is 452 g/mol. The lowest BCUT2D eigenvalue weighted by molar-refractivity contribution is 0.0570. The molecule has 172 valence electrons. The zero-order valence-electron chi connectivity index (χ0n) is 18.3. The van der Waals surface area contributed by atoms with Gasteiger partial charge in [-0.1, -0.05) is 12.1 Å². The third kappa shape index (κ3) is 5.96. The van der Waals surface area contributed by atoms with Crippen molar-refractivity contribution >= 4 is 22.0 Å². The van der Waals surface area contributed by atoms with Crippen LogP contribution in [0.5, 0.6) is 0 Å². The Balaban J connectivity index is 1.54. The molecule has 2 saturated heterocycles. The molecule has 0 N–H and O–H groups in total. The van der Waals surface area contributed by atoms with E-state index in [2.05, 4.69) is 4.90 Å². The fraction of sp³-hybridized carbons (Fsp3) is 0.619. The van der Waals surface area contributed by atoms with Crippen LogP contribution in [0.25, 0.3) is 0 Å². The molecule has 0 saturated carbocycles. The van der Waals surface area contributed by atoms with Crippen molar-refractivity contribution < 1.29 is 22.7 Å². The number of benzene rings is 1. The van der Waals surface area contributed by atoms with Crippen molar-refractivity contribution in [2.24, 2.45) is 0 Å². The number of ether oxygens (including phenoxy) is 1. The summed E-state index contributed by atoms with van der Waals surface area (Å²) < 4.78 is 30.6. The van der Waals surface area contributed by atoms with E-state index in [0.29, 0.717) is 71.1 Å². The van der Waals surface area contributed by atoms with Crippen LogP contribution >= 0.6 is 0 Å². The van der Waals surface area contributed by atoms with Gasteiger partial charge in [-0.15, -0.1) is 0 Å². The molecule has 2 heterocycles. The maximum atomic E-state index is 12.9. The van der Waals surface area contributed by atoms with Crippen molar-refractivity contribution in [1.29, 1.82) is 0 Å². The van der Waals surface area contributed by atoms with Crippen LogP contribution in [0.15, 0.2) is 24.3 Å². The molecule has 31 heavy (non-hydrogen) atoms. The van der Waals surface area contributed by atoms with E-state index in [1.165, 1.54) is 0 Å². The average Bonchev–Trinajstić information content (AvgIpc) is 2.79. The molecule has 0 bridgehead atoms. The average molecular weight is 453 g/mol. The zero-order valence-corrected chi connectivity index (χ0v) is 19.1. The summed E-state index contributed by atoms with van der Waals surface area (Å²) >= 11 is 0. The summed E-state index contributed by atoms with van der Waals surface area (Å²) in [4.78, 5) is 30.4. The maximum absolute atomic E-state index is 12.9. The van der Waals surface area contributed by atoms with Gasteiger partial charge in [0, 0.05) is 64.5 Å². The minimum Gasteiger partial charge on any atom is -0.450 e. The molecule has 2 aliphatic rings. The van der Waals surface area contributed by atoms with E-state index in [1.54, 1.807) is 28.0 Å². The van der Waals surface area contributed by atoms with Gasteiger partial charge in [-0.2, -0.15) is 4.31 Å². The summed E-state index contributed by atoms with van der Waals surface area (Å²) in [6.45, 7) is 8.71. The van der Waals surface area contributed by atoms with Gasteiger partial charge in [0.05, 0.1) is 12.4 Å². The van der Waals surface area contributed by atoms with Gasteiger partial charge in [-0.25, -0.2) is 13.2 Å². The molecule has 0 aromatic heterocycles. The Morgan fingerprint density at radius 3 is 2.19 bits per heavy atom. The number of hydrogen-bond acceptors (Lipinski definition) is 6. The van der Waals surface area contributed by atoms with Gasteiger partial charge in [0.2, 0.25) is 10.0 Å². The normalized spacial score (nSPS) is 18.8. The van der Waals surface area contributed by atoms with Gasteiger partial charge in [-0.3, -0.25) is 9.69 Å². The lowest BCUT2D eigenvalue weighted by Crippen LogP contribution is -2.50. The van der Waals surface area contributed by atoms with Gasteiger partial charge in [0.25, 0.3) is 5.91 Å². The minimum absolute atomic E-state index is 0.0378. The first kappa shape index (κ1) is 23.5. The molecule has 2 aliphatic heterocycles. The molecule has 10 heteroatoms. The fourth-order valence-electron chi connectivity index (χ4n) is 3.90. The Labute approximate surface area is 184 Å². The number of piperazine rings is 2. The largest absolute Gasteiger partial charge is 0.450 e. The molecular formula is C21H32N4O5S. The Morgan fingerprint density at radius 2 is 1.58 bits per heavy atom. The van der Waals surface area contributed by atoms with Crippen molar-refractivity contribution in [3.63, 3.8) is 0 Å². The Morgan fingerprint density at radius 1 is 0.935 bits per heavy atom. The molecule has 0 aliphatic carbocycles. The number of hydrogen-bond donors (Lipinski definition) is 0. The minimum atomic E-state index is -3.14. The number of amides is 2. The highest BCUT2D eigenvalue weighted by Gasteiger charge is 2.27. The summed E-state index contributed by atoms with van der Waals surface area (Å²) in [5.74, 6) is 0.0924. The molecule has 1 aromatic carbocycles. The number of rotatable bonds is 6. The van der Waals surface area contributed by atoms with Crippen LogP contribution in [0.1, 0.15) is 29.8 Å². The number of sulfonamides is 1. The first-order chi connectivity index (χ1) is 14.8. The molecule has 9 nitrogen and oxygen atoms in total. The first-order valence-corrected chi connectivity index (χ1v) is 12.4. The third-order valence-electron chi connectivity index (χ3n) is 5.76. The lowest BCUT2D eigenvalue weighted by Gasteiger charge is -2.34. The molecule has 1 aromatic rings. The Kier molecular flexibility index (Phi) is 7.90. The second-order valence-corrected chi connectivity index (χ2v) is 10.0. The summed E-state index contributed by atoms with van der Waals surface area (Å²) in [5.41, 5.74) is 1.66. The van der Waals surface area contributed by atoms with Crippen LogP contribution in [0.4, 0.5) is 4.79 Å². The predicted octanol–water partition coefficient (Wildman–Crippen LogP) is 1.07. The van der Waals surface area contributed by atoms with Crippen LogP contribution < -0.4 is 0 Å². The standard InChI is InChI=1S/C21H32N4O5S/c1-3-30-21(27)24-12-10-23(11-13-24)20(26)19-7-5-6-18(16-19)17-22-8-14-25(15-9-22)31(28,29)4-2/h5-7,16H,3-4,8-15,17H2,1-2H3. The van der Waals surface area contributed by atoms with Crippen molar-refractivity contribution in [3.05, 3.63) is 35.4 Å². The summed E-state index contributed by atoms with van der Waals surface area (Å²) in [6, 6.07) is 7.60. The van der Waals surface area contributed by atoms with Crippen LogP contribution in [0.2, 0.25) is 0 Å². The topological polar surface area (TPSA) is 90.5 Å². The van der Waals surface area contributed by atoms with E-state index in [1.807, 2.05) is 24.3 Å². The van der Waals surface area contributed by atoms with E-state index < -0.39 is 10.0 Å². The molecule has 2 fully saturated rings.